The number of rotatable bonds is 6. The number of hydrogen-bond acceptors (Lipinski definition) is 4. The number of anilines is 1. The fraction of sp³-hybridized carbons (Fsp3) is 0.316. The molecule has 0 bridgehead atoms. The fourth-order valence-corrected chi connectivity index (χ4v) is 4.09. The summed E-state index contributed by atoms with van der Waals surface area (Å²) in [6.07, 6.45) is 1.96. The van der Waals surface area contributed by atoms with Crippen molar-refractivity contribution in [3.8, 4) is 0 Å². The lowest BCUT2D eigenvalue weighted by atomic mass is 10.2. The third kappa shape index (κ3) is 4.05. The van der Waals surface area contributed by atoms with Gasteiger partial charge in [-0.05, 0) is 43.2 Å². The van der Waals surface area contributed by atoms with E-state index in [1.54, 1.807) is 36.4 Å². The first-order chi connectivity index (χ1) is 12.5. The maximum Gasteiger partial charge on any atom is 0.264 e. The third-order valence-electron chi connectivity index (χ3n) is 4.39. The van der Waals surface area contributed by atoms with Crippen LogP contribution in [0, 0.1) is 0 Å². The molecule has 6 nitrogen and oxygen atoms in total. The smallest absolute Gasteiger partial charge is 0.264 e. The SMILES string of the molecule is CN(c1ccccc1)S(=O)(=O)c1cccc(C(=O)NC[C@@H]2CCCO2)c1. The molecule has 1 N–H and O–H groups in total. The van der Waals surface area contributed by atoms with Gasteiger partial charge in [0.1, 0.15) is 0 Å². The first-order valence-corrected chi connectivity index (χ1v) is 9.96. The summed E-state index contributed by atoms with van der Waals surface area (Å²) in [6.45, 7) is 1.15. The molecule has 1 atom stereocenters. The van der Waals surface area contributed by atoms with E-state index in [2.05, 4.69) is 5.32 Å². The third-order valence-corrected chi connectivity index (χ3v) is 6.17. The van der Waals surface area contributed by atoms with Gasteiger partial charge in [0.2, 0.25) is 0 Å². The number of nitrogens with one attached hydrogen (secondary N) is 1. The molecular formula is C19H22N2O4S. The summed E-state index contributed by atoms with van der Waals surface area (Å²) in [6, 6.07) is 14.9. The minimum Gasteiger partial charge on any atom is -0.376 e. The number of carbonyl (C=O) groups excluding carboxylic acids is 1. The van der Waals surface area contributed by atoms with Crippen molar-refractivity contribution in [1.29, 1.82) is 0 Å². The molecular weight excluding hydrogens is 352 g/mol. The summed E-state index contributed by atoms with van der Waals surface area (Å²) in [4.78, 5) is 12.4. The summed E-state index contributed by atoms with van der Waals surface area (Å²) in [5.41, 5.74) is 0.867. The molecule has 1 aliphatic rings. The largest absolute Gasteiger partial charge is 0.376 e. The highest BCUT2D eigenvalue weighted by molar-refractivity contribution is 7.92. The molecule has 1 aliphatic heterocycles. The Morgan fingerprint density at radius 3 is 2.65 bits per heavy atom. The van der Waals surface area contributed by atoms with Crippen molar-refractivity contribution in [2.24, 2.45) is 0 Å². The zero-order valence-corrected chi connectivity index (χ0v) is 15.4. The van der Waals surface area contributed by atoms with Gasteiger partial charge in [-0.3, -0.25) is 9.10 Å². The summed E-state index contributed by atoms with van der Waals surface area (Å²) in [5, 5.41) is 2.81. The Morgan fingerprint density at radius 2 is 1.96 bits per heavy atom. The van der Waals surface area contributed by atoms with Gasteiger partial charge in [0.15, 0.2) is 0 Å². The van der Waals surface area contributed by atoms with E-state index in [1.807, 2.05) is 6.07 Å². The molecule has 0 unspecified atom stereocenters. The molecule has 1 saturated heterocycles. The lowest BCUT2D eigenvalue weighted by Gasteiger charge is -2.19. The number of carbonyl (C=O) groups is 1. The monoisotopic (exact) mass is 374 g/mol. The van der Waals surface area contributed by atoms with Crippen LogP contribution in [0.15, 0.2) is 59.5 Å². The zero-order chi connectivity index (χ0) is 18.6. The highest BCUT2D eigenvalue weighted by atomic mass is 32.2. The molecule has 0 saturated carbocycles. The molecule has 138 valence electrons. The van der Waals surface area contributed by atoms with Gasteiger partial charge in [-0.15, -0.1) is 0 Å². The topological polar surface area (TPSA) is 75.7 Å². The standard InChI is InChI=1S/C19H22N2O4S/c1-21(16-8-3-2-4-9-16)26(23,24)18-11-5-7-15(13-18)19(22)20-14-17-10-6-12-25-17/h2-5,7-9,11,13,17H,6,10,12,14H2,1H3,(H,20,22)/t17-/m0/s1. The molecule has 2 aromatic carbocycles. The maximum absolute atomic E-state index is 12.8. The Labute approximate surface area is 153 Å². The second kappa shape index (κ2) is 7.88. The molecule has 1 heterocycles. The highest BCUT2D eigenvalue weighted by Crippen LogP contribution is 2.22. The van der Waals surface area contributed by atoms with Crippen LogP contribution >= 0.6 is 0 Å². The number of hydrogen-bond donors (Lipinski definition) is 1. The first kappa shape index (κ1) is 18.4. The first-order valence-electron chi connectivity index (χ1n) is 8.52. The van der Waals surface area contributed by atoms with Crippen LogP contribution < -0.4 is 9.62 Å². The zero-order valence-electron chi connectivity index (χ0n) is 14.6. The van der Waals surface area contributed by atoms with Crippen LogP contribution in [0.4, 0.5) is 5.69 Å². The van der Waals surface area contributed by atoms with Gasteiger partial charge in [-0.2, -0.15) is 0 Å². The molecule has 3 rings (SSSR count). The van der Waals surface area contributed by atoms with Crippen molar-refractivity contribution >= 4 is 21.6 Å². The average Bonchev–Trinajstić information content (AvgIpc) is 3.20. The Hall–Kier alpha value is -2.38. The van der Waals surface area contributed by atoms with Gasteiger partial charge in [0, 0.05) is 25.8 Å². The lowest BCUT2D eigenvalue weighted by molar-refractivity contribution is 0.0857. The van der Waals surface area contributed by atoms with Crippen molar-refractivity contribution in [2.75, 3.05) is 24.5 Å². The quantitative estimate of drug-likeness (QED) is 0.843. The van der Waals surface area contributed by atoms with Crippen molar-refractivity contribution < 1.29 is 17.9 Å². The predicted octanol–water partition coefficient (Wildman–Crippen LogP) is 2.42. The van der Waals surface area contributed by atoms with Crippen molar-refractivity contribution in [3.05, 3.63) is 60.2 Å². The van der Waals surface area contributed by atoms with Crippen molar-refractivity contribution in [3.63, 3.8) is 0 Å². The Kier molecular flexibility index (Phi) is 5.58. The maximum atomic E-state index is 12.8. The van der Waals surface area contributed by atoms with E-state index in [0.717, 1.165) is 19.4 Å². The number of ether oxygens (including phenoxy) is 1. The molecule has 26 heavy (non-hydrogen) atoms. The van der Waals surface area contributed by atoms with Gasteiger partial charge >= 0.3 is 0 Å². The number of nitrogens with zero attached hydrogens (tertiary/aromatic N) is 1. The average molecular weight is 374 g/mol. The summed E-state index contributed by atoms with van der Waals surface area (Å²) in [5.74, 6) is -0.306. The lowest BCUT2D eigenvalue weighted by Crippen LogP contribution is -2.32. The number of para-hydroxylation sites is 1. The Balaban J connectivity index is 1.76. The van der Waals surface area contributed by atoms with Crippen LogP contribution in [-0.2, 0) is 14.8 Å². The van der Waals surface area contributed by atoms with E-state index in [9.17, 15) is 13.2 Å². The Morgan fingerprint density at radius 1 is 1.19 bits per heavy atom. The van der Waals surface area contributed by atoms with Crippen LogP contribution in [-0.4, -0.2) is 40.6 Å². The van der Waals surface area contributed by atoms with Crippen LogP contribution in [0.25, 0.3) is 0 Å². The van der Waals surface area contributed by atoms with Gasteiger partial charge in [0.05, 0.1) is 16.7 Å². The normalized spacial score (nSPS) is 17.0. The molecule has 0 radical (unpaired) electrons. The predicted molar refractivity (Wildman–Crippen MR) is 99.8 cm³/mol. The molecule has 1 fully saturated rings. The number of benzene rings is 2. The van der Waals surface area contributed by atoms with E-state index in [0.29, 0.717) is 17.8 Å². The highest BCUT2D eigenvalue weighted by Gasteiger charge is 2.23. The molecule has 0 aromatic heterocycles. The fourth-order valence-electron chi connectivity index (χ4n) is 2.85. The van der Waals surface area contributed by atoms with Crippen LogP contribution in [0.1, 0.15) is 23.2 Å². The summed E-state index contributed by atoms with van der Waals surface area (Å²) < 4.78 is 32.4. The van der Waals surface area contributed by atoms with E-state index < -0.39 is 10.0 Å². The molecule has 0 spiro atoms. The molecule has 1 amide bonds. The van der Waals surface area contributed by atoms with Crippen LogP contribution in [0.5, 0.6) is 0 Å². The van der Waals surface area contributed by atoms with Crippen molar-refractivity contribution in [2.45, 2.75) is 23.8 Å². The second-order valence-corrected chi connectivity index (χ2v) is 8.15. The minimum absolute atomic E-state index is 0.0371. The number of sulfonamides is 1. The molecule has 2 aromatic rings. The van der Waals surface area contributed by atoms with Gasteiger partial charge in [-0.25, -0.2) is 8.42 Å². The van der Waals surface area contributed by atoms with Crippen LogP contribution in [0.2, 0.25) is 0 Å². The van der Waals surface area contributed by atoms with E-state index in [1.165, 1.54) is 23.5 Å². The summed E-state index contributed by atoms with van der Waals surface area (Å²) >= 11 is 0. The Bertz CT molecular complexity index is 862. The summed E-state index contributed by atoms with van der Waals surface area (Å²) in [7, 11) is -2.26. The second-order valence-electron chi connectivity index (χ2n) is 6.18. The van der Waals surface area contributed by atoms with Crippen LogP contribution in [0.3, 0.4) is 0 Å². The minimum atomic E-state index is -3.75. The molecule has 0 aliphatic carbocycles. The van der Waals surface area contributed by atoms with Gasteiger partial charge in [-0.1, -0.05) is 24.3 Å². The van der Waals surface area contributed by atoms with Crippen molar-refractivity contribution in [1.82, 2.24) is 5.32 Å². The van der Waals surface area contributed by atoms with E-state index >= 15 is 0 Å². The van der Waals surface area contributed by atoms with E-state index in [-0.39, 0.29) is 16.9 Å². The van der Waals surface area contributed by atoms with E-state index in [4.69, 9.17) is 4.74 Å². The van der Waals surface area contributed by atoms with Gasteiger partial charge < -0.3 is 10.1 Å². The number of amides is 1. The molecule has 7 heteroatoms. The van der Waals surface area contributed by atoms with Gasteiger partial charge in [0.25, 0.3) is 15.9 Å².